The van der Waals surface area contributed by atoms with E-state index in [1.54, 1.807) is 0 Å². The van der Waals surface area contributed by atoms with Crippen LogP contribution in [0.15, 0.2) is 81.7 Å². The number of carbonyl (C=O) groups excluding carboxylic acids is 1. The first-order valence-electron chi connectivity index (χ1n) is 10.7. The maximum absolute atomic E-state index is 13.0. The molecule has 0 atom stereocenters. The van der Waals surface area contributed by atoms with E-state index in [-0.39, 0.29) is 5.91 Å². The number of hydrogen-bond acceptors (Lipinski definition) is 3. The molecular formula is C28H23BrN2O2. The molecule has 164 valence electrons. The maximum Gasteiger partial charge on any atom is 0.255 e. The number of benzene rings is 3. The van der Waals surface area contributed by atoms with Crippen LogP contribution in [0, 0.1) is 17.2 Å². The topological polar surface area (TPSA) is 66.0 Å². The second-order valence-electron chi connectivity index (χ2n) is 8.20. The fraction of sp³-hybridized carbons (Fsp3) is 0.143. The second kappa shape index (κ2) is 9.89. The van der Waals surface area contributed by atoms with Crippen LogP contribution >= 0.6 is 15.9 Å². The molecule has 3 aromatic carbocycles. The summed E-state index contributed by atoms with van der Waals surface area (Å²) in [6.07, 6.45) is 1.85. The van der Waals surface area contributed by atoms with Crippen LogP contribution in [-0.4, -0.2) is 12.5 Å². The van der Waals surface area contributed by atoms with Gasteiger partial charge in [-0.25, -0.2) is 0 Å². The summed E-state index contributed by atoms with van der Waals surface area (Å²) in [6, 6.07) is 25.2. The zero-order valence-corrected chi connectivity index (χ0v) is 20.0. The number of amides is 1. The molecule has 5 heteroatoms. The predicted octanol–water partition coefficient (Wildman–Crippen LogP) is 7.31. The lowest BCUT2D eigenvalue weighted by Crippen LogP contribution is -2.27. The third-order valence-corrected chi connectivity index (χ3v) is 5.78. The monoisotopic (exact) mass is 498 g/mol. The van der Waals surface area contributed by atoms with Crippen molar-refractivity contribution in [3.8, 4) is 17.4 Å². The van der Waals surface area contributed by atoms with Crippen molar-refractivity contribution < 1.29 is 9.21 Å². The summed E-state index contributed by atoms with van der Waals surface area (Å²) in [5, 5.41) is 13.5. The molecule has 0 saturated heterocycles. The van der Waals surface area contributed by atoms with Gasteiger partial charge in [0.15, 0.2) is 0 Å². The van der Waals surface area contributed by atoms with E-state index in [4.69, 9.17) is 4.42 Å². The Hall–Kier alpha value is -3.62. The average Bonchev–Trinajstić information content (AvgIpc) is 3.22. The van der Waals surface area contributed by atoms with E-state index in [1.807, 2.05) is 78.9 Å². The number of allylic oxidation sites excluding steroid dienone is 1. The standard InChI is InChI=1S/C28H23BrN2O2/c1-18(2)17-31-28(32)26-24-5-3-4-6-25(24)33-27(26)21-11-9-20(10-12-21)22(16-30)15-19-7-13-23(29)14-8-19/h3-15,18H,17H2,1-2H3,(H,31,32)/b22-15+. The fourth-order valence-corrected chi connectivity index (χ4v) is 3.83. The highest BCUT2D eigenvalue weighted by atomic mass is 79.9. The van der Waals surface area contributed by atoms with Crippen LogP contribution in [0.25, 0.3) is 33.9 Å². The Balaban J connectivity index is 1.71. The minimum atomic E-state index is -0.152. The van der Waals surface area contributed by atoms with E-state index < -0.39 is 0 Å². The lowest BCUT2D eigenvalue weighted by molar-refractivity contribution is 0.0950. The van der Waals surface area contributed by atoms with E-state index in [1.165, 1.54) is 0 Å². The molecule has 4 aromatic rings. The Labute approximate surface area is 201 Å². The van der Waals surface area contributed by atoms with E-state index in [0.717, 1.165) is 26.5 Å². The minimum Gasteiger partial charge on any atom is -0.455 e. The number of rotatable bonds is 6. The van der Waals surface area contributed by atoms with Gasteiger partial charge in [0.25, 0.3) is 5.91 Å². The molecule has 0 spiro atoms. The molecule has 1 N–H and O–H groups in total. The lowest BCUT2D eigenvalue weighted by Gasteiger charge is -2.09. The largest absolute Gasteiger partial charge is 0.455 e. The van der Waals surface area contributed by atoms with Gasteiger partial charge in [-0.1, -0.05) is 84.4 Å². The SMILES string of the molecule is CC(C)CNC(=O)c1c(-c2ccc(/C(C#N)=C/c3ccc(Br)cc3)cc2)oc2ccccc12. The van der Waals surface area contributed by atoms with Gasteiger partial charge in [-0.15, -0.1) is 0 Å². The average molecular weight is 499 g/mol. The second-order valence-corrected chi connectivity index (χ2v) is 9.12. The number of para-hydroxylation sites is 1. The molecule has 1 aromatic heterocycles. The molecule has 1 amide bonds. The number of nitrogens with one attached hydrogen (secondary N) is 1. The van der Waals surface area contributed by atoms with Crippen molar-refractivity contribution >= 4 is 44.5 Å². The van der Waals surface area contributed by atoms with E-state index in [0.29, 0.717) is 34.9 Å². The number of fused-ring (bicyclic) bond motifs is 1. The molecular weight excluding hydrogens is 476 g/mol. The third-order valence-electron chi connectivity index (χ3n) is 5.25. The van der Waals surface area contributed by atoms with Gasteiger partial charge in [0.05, 0.1) is 17.2 Å². The van der Waals surface area contributed by atoms with Crippen LogP contribution in [-0.2, 0) is 0 Å². The summed E-state index contributed by atoms with van der Waals surface area (Å²) >= 11 is 3.43. The molecule has 4 nitrogen and oxygen atoms in total. The molecule has 0 fully saturated rings. The highest BCUT2D eigenvalue weighted by Crippen LogP contribution is 2.34. The molecule has 1 heterocycles. The van der Waals surface area contributed by atoms with Gasteiger partial charge in [0.2, 0.25) is 0 Å². The third kappa shape index (κ3) is 5.08. The molecule has 4 rings (SSSR count). The van der Waals surface area contributed by atoms with Crippen molar-refractivity contribution in [3.05, 3.63) is 94.0 Å². The van der Waals surface area contributed by atoms with Crippen LogP contribution in [0.3, 0.4) is 0 Å². The summed E-state index contributed by atoms with van der Waals surface area (Å²) in [4.78, 5) is 13.0. The van der Waals surface area contributed by atoms with Gasteiger partial charge in [-0.05, 0) is 41.3 Å². The van der Waals surface area contributed by atoms with E-state index in [2.05, 4.69) is 41.2 Å². The molecule has 0 aliphatic rings. The number of furan rings is 1. The Morgan fingerprint density at radius 2 is 1.76 bits per heavy atom. The number of carbonyl (C=O) groups is 1. The maximum atomic E-state index is 13.0. The van der Waals surface area contributed by atoms with Crippen molar-refractivity contribution in [1.82, 2.24) is 5.32 Å². The first kappa shape index (κ1) is 22.6. The highest BCUT2D eigenvalue weighted by molar-refractivity contribution is 9.10. The Bertz CT molecular complexity index is 1360. The molecule has 0 bridgehead atoms. The van der Waals surface area contributed by atoms with Crippen molar-refractivity contribution in [3.63, 3.8) is 0 Å². The Morgan fingerprint density at radius 3 is 2.42 bits per heavy atom. The summed E-state index contributed by atoms with van der Waals surface area (Å²) in [5.41, 5.74) is 4.28. The number of halogens is 1. The smallest absolute Gasteiger partial charge is 0.255 e. The summed E-state index contributed by atoms with van der Waals surface area (Å²) in [5.74, 6) is 0.719. The van der Waals surface area contributed by atoms with Crippen molar-refractivity contribution in [1.29, 1.82) is 5.26 Å². The van der Waals surface area contributed by atoms with Crippen molar-refractivity contribution in [2.24, 2.45) is 5.92 Å². The Morgan fingerprint density at radius 1 is 1.06 bits per heavy atom. The number of nitrogens with zero attached hydrogens (tertiary/aromatic N) is 1. The van der Waals surface area contributed by atoms with Gasteiger partial charge >= 0.3 is 0 Å². The van der Waals surface area contributed by atoms with Crippen LogP contribution in [0.1, 0.15) is 35.3 Å². The van der Waals surface area contributed by atoms with Crippen molar-refractivity contribution in [2.45, 2.75) is 13.8 Å². The normalized spacial score (nSPS) is 11.5. The molecule has 0 unspecified atom stereocenters. The lowest BCUT2D eigenvalue weighted by atomic mass is 9.99. The molecule has 0 aliphatic carbocycles. The first-order valence-corrected chi connectivity index (χ1v) is 11.5. The van der Waals surface area contributed by atoms with Gasteiger partial charge in [0.1, 0.15) is 11.3 Å². The van der Waals surface area contributed by atoms with Crippen molar-refractivity contribution in [2.75, 3.05) is 6.54 Å². The minimum absolute atomic E-state index is 0.152. The zero-order valence-electron chi connectivity index (χ0n) is 18.4. The fourth-order valence-electron chi connectivity index (χ4n) is 3.57. The van der Waals surface area contributed by atoms with Gasteiger partial charge in [0, 0.05) is 22.0 Å². The summed E-state index contributed by atoms with van der Waals surface area (Å²) < 4.78 is 7.09. The van der Waals surface area contributed by atoms with Gasteiger partial charge < -0.3 is 9.73 Å². The van der Waals surface area contributed by atoms with Gasteiger partial charge in [-0.3, -0.25) is 4.79 Å². The molecule has 0 saturated carbocycles. The predicted molar refractivity (Wildman–Crippen MR) is 136 cm³/mol. The van der Waals surface area contributed by atoms with E-state index >= 15 is 0 Å². The molecule has 33 heavy (non-hydrogen) atoms. The number of nitriles is 1. The molecule has 0 radical (unpaired) electrons. The van der Waals surface area contributed by atoms with E-state index in [9.17, 15) is 10.1 Å². The number of hydrogen-bond donors (Lipinski definition) is 1. The summed E-state index contributed by atoms with van der Waals surface area (Å²) in [7, 11) is 0. The first-order chi connectivity index (χ1) is 16.0. The van der Waals surface area contributed by atoms with Gasteiger partial charge in [-0.2, -0.15) is 5.26 Å². The molecule has 0 aliphatic heterocycles. The summed E-state index contributed by atoms with van der Waals surface area (Å²) in [6.45, 7) is 4.70. The zero-order chi connectivity index (χ0) is 23.4. The van der Waals surface area contributed by atoms with Crippen LogP contribution in [0.2, 0.25) is 0 Å². The Kier molecular flexibility index (Phi) is 6.76. The quantitative estimate of drug-likeness (QED) is 0.223. The van der Waals surface area contributed by atoms with Crippen LogP contribution in [0.4, 0.5) is 0 Å². The van der Waals surface area contributed by atoms with Crippen LogP contribution < -0.4 is 5.32 Å². The van der Waals surface area contributed by atoms with Crippen LogP contribution in [0.5, 0.6) is 0 Å². The highest BCUT2D eigenvalue weighted by Gasteiger charge is 2.22.